The molecule has 34 heavy (non-hydrogen) atoms. The normalized spacial score (nSPS) is 12.1. The average molecular weight is 434 g/mol. The Kier molecular flexibility index (Phi) is 3.42. The topological polar surface area (TPSA) is 26.3 Å². The molecule has 0 saturated carbocycles. The van der Waals surface area contributed by atoms with Gasteiger partial charge in [0.2, 0.25) is 0 Å². The van der Waals surface area contributed by atoms with E-state index in [2.05, 4.69) is 97.1 Å². The van der Waals surface area contributed by atoms with Gasteiger partial charge in [0.15, 0.2) is 0 Å². The molecule has 0 amide bonds. The number of benzene rings is 6. The second-order valence-corrected chi connectivity index (χ2v) is 8.91. The largest absolute Gasteiger partial charge is 0.456 e. The van der Waals surface area contributed by atoms with E-state index < -0.39 is 0 Å². The summed E-state index contributed by atoms with van der Waals surface area (Å²) in [6.45, 7) is 0. The average Bonchev–Trinajstić information content (AvgIpc) is 3.19. The van der Waals surface area contributed by atoms with Gasteiger partial charge in [-0.25, -0.2) is 0 Å². The Morgan fingerprint density at radius 2 is 1.00 bits per heavy atom. The van der Waals surface area contributed by atoms with Crippen molar-refractivity contribution in [1.29, 1.82) is 0 Å². The van der Waals surface area contributed by atoms with Gasteiger partial charge in [0, 0.05) is 21.5 Å². The Bertz CT molecular complexity index is 2070. The molecule has 0 fully saturated rings. The molecule has 2 aromatic heterocycles. The first-order valence-electron chi connectivity index (χ1n) is 11.5. The predicted octanol–water partition coefficient (Wildman–Crippen LogP) is 9.46. The fraction of sp³-hybridized carbons (Fsp3) is 0. The van der Waals surface area contributed by atoms with Crippen LogP contribution >= 0.6 is 0 Å². The van der Waals surface area contributed by atoms with Gasteiger partial charge in [0.1, 0.15) is 22.3 Å². The van der Waals surface area contributed by atoms with Crippen LogP contribution in [0.15, 0.2) is 118 Å². The van der Waals surface area contributed by atoms with Crippen LogP contribution < -0.4 is 0 Å². The molecule has 0 radical (unpaired) electrons. The number of rotatable bonds is 1. The molecule has 0 saturated heterocycles. The Morgan fingerprint density at radius 1 is 0.382 bits per heavy atom. The third-order valence-corrected chi connectivity index (χ3v) is 7.07. The SMILES string of the molecule is c1ccc2c(c1)oc1ccc(-c3ccc4oc5cccc6cccc(c7cccc3c47)c65)cc12. The summed E-state index contributed by atoms with van der Waals surface area (Å²) in [5.74, 6) is 0. The summed E-state index contributed by atoms with van der Waals surface area (Å²) >= 11 is 0. The van der Waals surface area contributed by atoms with Crippen molar-refractivity contribution in [3.63, 3.8) is 0 Å². The Balaban J connectivity index is 1.52. The van der Waals surface area contributed by atoms with Crippen LogP contribution in [-0.4, -0.2) is 0 Å². The van der Waals surface area contributed by atoms with Crippen LogP contribution in [0.25, 0.3) is 76.5 Å². The molecule has 158 valence electrons. The van der Waals surface area contributed by atoms with Gasteiger partial charge >= 0.3 is 0 Å². The van der Waals surface area contributed by atoms with E-state index in [-0.39, 0.29) is 0 Å². The second-order valence-electron chi connectivity index (χ2n) is 8.91. The van der Waals surface area contributed by atoms with Crippen LogP contribution in [-0.2, 0) is 0 Å². The lowest BCUT2D eigenvalue weighted by Gasteiger charge is -2.09. The molecule has 0 N–H and O–H groups in total. The summed E-state index contributed by atoms with van der Waals surface area (Å²) in [6, 6.07) is 38.3. The third-order valence-electron chi connectivity index (χ3n) is 7.07. The highest BCUT2D eigenvalue weighted by molar-refractivity contribution is 6.25. The molecular weight excluding hydrogens is 416 g/mol. The second kappa shape index (κ2) is 6.49. The smallest absolute Gasteiger partial charge is 0.135 e. The van der Waals surface area contributed by atoms with Crippen molar-refractivity contribution in [2.24, 2.45) is 0 Å². The van der Waals surface area contributed by atoms with E-state index in [4.69, 9.17) is 8.83 Å². The van der Waals surface area contributed by atoms with Crippen LogP contribution in [0, 0.1) is 0 Å². The summed E-state index contributed by atoms with van der Waals surface area (Å²) < 4.78 is 12.6. The van der Waals surface area contributed by atoms with Gasteiger partial charge in [-0.15, -0.1) is 0 Å². The quantitative estimate of drug-likeness (QED) is 0.257. The van der Waals surface area contributed by atoms with Gasteiger partial charge in [0.05, 0.1) is 0 Å². The number of furan rings is 1. The van der Waals surface area contributed by atoms with Crippen molar-refractivity contribution in [2.45, 2.75) is 0 Å². The third kappa shape index (κ3) is 2.35. The van der Waals surface area contributed by atoms with Crippen molar-refractivity contribution < 1.29 is 8.83 Å². The number of hydrogen-bond donors (Lipinski definition) is 0. The van der Waals surface area contributed by atoms with Gasteiger partial charge in [-0.05, 0) is 63.0 Å². The summed E-state index contributed by atoms with van der Waals surface area (Å²) in [5, 5.41) is 9.40. The summed E-state index contributed by atoms with van der Waals surface area (Å²) in [7, 11) is 0. The molecule has 0 spiro atoms. The first-order chi connectivity index (χ1) is 16.8. The number of hydrogen-bond acceptors (Lipinski definition) is 2. The first kappa shape index (κ1) is 17.9. The molecule has 0 atom stereocenters. The summed E-state index contributed by atoms with van der Waals surface area (Å²) in [5.41, 5.74) is 5.99. The molecule has 2 nitrogen and oxygen atoms in total. The standard InChI is InChI=1S/C32H18O2/c1-2-12-27-22(8-1)26-18-20(14-16-28(26)33-27)21-15-17-30-32-23(21)10-5-11-25(32)24-9-3-6-19-7-4-13-29(34-30)31(19)24/h1-18H. The molecule has 0 aliphatic rings. The maximum absolute atomic E-state index is 6.54. The van der Waals surface area contributed by atoms with Crippen molar-refractivity contribution in [3.05, 3.63) is 109 Å². The van der Waals surface area contributed by atoms with Crippen molar-refractivity contribution in [3.8, 4) is 11.1 Å². The maximum Gasteiger partial charge on any atom is 0.135 e. The lowest BCUT2D eigenvalue weighted by Crippen LogP contribution is -1.83. The molecule has 8 aromatic rings. The monoisotopic (exact) mass is 434 g/mol. The Morgan fingerprint density at radius 3 is 1.94 bits per heavy atom. The van der Waals surface area contributed by atoms with Crippen molar-refractivity contribution in [1.82, 2.24) is 0 Å². The molecule has 0 unspecified atom stereocenters. The highest BCUT2D eigenvalue weighted by Crippen LogP contribution is 2.41. The number of para-hydroxylation sites is 1. The van der Waals surface area contributed by atoms with Crippen LogP contribution in [0.4, 0.5) is 0 Å². The van der Waals surface area contributed by atoms with Crippen LogP contribution in [0.1, 0.15) is 0 Å². The van der Waals surface area contributed by atoms with Gasteiger partial charge in [-0.3, -0.25) is 0 Å². The Labute approximate surface area is 194 Å². The fourth-order valence-electron chi connectivity index (χ4n) is 5.56. The zero-order chi connectivity index (χ0) is 22.2. The van der Waals surface area contributed by atoms with Crippen molar-refractivity contribution in [2.75, 3.05) is 0 Å². The lowest BCUT2D eigenvalue weighted by molar-refractivity contribution is 0.664. The molecular formula is C32H18O2. The first-order valence-corrected chi connectivity index (χ1v) is 11.5. The van der Waals surface area contributed by atoms with E-state index in [1.165, 1.54) is 38.1 Å². The van der Waals surface area contributed by atoms with Crippen molar-refractivity contribution >= 4 is 65.4 Å². The lowest BCUT2D eigenvalue weighted by atomic mass is 9.94. The molecule has 0 aliphatic heterocycles. The maximum atomic E-state index is 6.54. The van der Waals surface area contributed by atoms with E-state index >= 15 is 0 Å². The fourth-order valence-corrected chi connectivity index (χ4v) is 5.56. The Hall–Kier alpha value is -4.56. The predicted molar refractivity (Wildman–Crippen MR) is 141 cm³/mol. The van der Waals surface area contributed by atoms with Gasteiger partial charge < -0.3 is 8.83 Å². The highest BCUT2D eigenvalue weighted by Gasteiger charge is 2.15. The summed E-state index contributed by atoms with van der Waals surface area (Å²) in [4.78, 5) is 0. The summed E-state index contributed by atoms with van der Waals surface area (Å²) in [6.07, 6.45) is 0. The molecule has 6 aromatic carbocycles. The van der Waals surface area contributed by atoms with Crippen LogP contribution in [0.2, 0.25) is 0 Å². The zero-order valence-corrected chi connectivity index (χ0v) is 18.2. The molecule has 0 bridgehead atoms. The molecule has 8 rings (SSSR count). The highest BCUT2D eigenvalue weighted by atomic mass is 16.3. The molecule has 2 heteroatoms. The minimum absolute atomic E-state index is 0.896. The van der Waals surface area contributed by atoms with Gasteiger partial charge in [0.25, 0.3) is 0 Å². The van der Waals surface area contributed by atoms with E-state index in [1.807, 2.05) is 12.1 Å². The van der Waals surface area contributed by atoms with E-state index in [1.54, 1.807) is 0 Å². The minimum atomic E-state index is 0.896. The molecule has 2 heterocycles. The van der Waals surface area contributed by atoms with Crippen LogP contribution in [0.5, 0.6) is 0 Å². The molecule has 0 aliphatic carbocycles. The van der Waals surface area contributed by atoms with E-state index in [0.717, 1.165) is 38.5 Å². The zero-order valence-electron chi connectivity index (χ0n) is 18.2. The number of fused-ring (bicyclic) bond motifs is 4. The van der Waals surface area contributed by atoms with Crippen LogP contribution in [0.3, 0.4) is 0 Å². The van der Waals surface area contributed by atoms with Gasteiger partial charge in [-0.2, -0.15) is 0 Å². The minimum Gasteiger partial charge on any atom is -0.456 e. The van der Waals surface area contributed by atoms with E-state index in [0.29, 0.717) is 0 Å². The van der Waals surface area contributed by atoms with Gasteiger partial charge in [-0.1, -0.05) is 78.9 Å². The van der Waals surface area contributed by atoms with E-state index in [9.17, 15) is 0 Å².